The molecule has 0 saturated carbocycles. The third-order valence-electron chi connectivity index (χ3n) is 3.74. The zero-order valence-electron chi connectivity index (χ0n) is 14.1. The van der Waals surface area contributed by atoms with E-state index >= 15 is 0 Å². The lowest BCUT2D eigenvalue weighted by Crippen LogP contribution is -2.39. The average Bonchev–Trinajstić information content (AvgIpc) is 2.96. The van der Waals surface area contributed by atoms with Crippen LogP contribution in [0.1, 0.15) is 45.7 Å². The van der Waals surface area contributed by atoms with Crippen molar-refractivity contribution < 1.29 is 9.53 Å². The Labute approximate surface area is 144 Å². The van der Waals surface area contributed by atoms with Gasteiger partial charge in [0.15, 0.2) is 0 Å². The number of hydrogen-bond acceptors (Lipinski definition) is 5. The molecule has 0 radical (unpaired) electrons. The molecular weight excluding hydrogens is 362 g/mol. The van der Waals surface area contributed by atoms with E-state index in [-0.39, 0.29) is 18.2 Å². The summed E-state index contributed by atoms with van der Waals surface area (Å²) in [5.41, 5.74) is -0.0517. The number of carbonyl (C=O) groups excluding carboxylic acids is 1. The minimum absolute atomic E-state index is 0.00151. The first-order valence-corrected chi connectivity index (χ1v) is 8.32. The molecule has 126 valence electrons. The van der Waals surface area contributed by atoms with E-state index in [9.17, 15) is 10.1 Å². The SMILES string of the molecule is CNc1c(C#N)c(Br)nn1[C@H]1C[C@@H](C)N(C(=O)OC(C)(C)C)C1. The van der Waals surface area contributed by atoms with Gasteiger partial charge in [0.2, 0.25) is 0 Å². The van der Waals surface area contributed by atoms with Gasteiger partial charge in [-0.2, -0.15) is 10.4 Å². The summed E-state index contributed by atoms with van der Waals surface area (Å²) < 4.78 is 7.75. The number of rotatable bonds is 2. The van der Waals surface area contributed by atoms with Crippen LogP contribution in [0.25, 0.3) is 0 Å². The summed E-state index contributed by atoms with van der Waals surface area (Å²) in [7, 11) is 1.75. The molecule has 7 nitrogen and oxygen atoms in total. The van der Waals surface area contributed by atoms with Crippen molar-refractivity contribution in [2.24, 2.45) is 0 Å². The van der Waals surface area contributed by atoms with E-state index in [1.807, 2.05) is 27.7 Å². The van der Waals surface area contributed by atoms with Crippen molar-refractivity contribution in [3.05, 3.63) is 10.2 Å². The Kier molecular flexibility index (Phi) is 4.90. The van der Waals surface area contributed by atoms with E-state index in [1.165, 1.54) is 0 Å². The largest absolute Gasteiger partial charge is 0.444 e. The Bertz CT molecular complexity index is 644. The van der Waals surface area contributed by atoms with Gasteiger partial charge in [0.05, 0.1) is 6.04 Å². The molecule has 1 aliphatic heterocycles. The van der Waals surface area contributed by atoms with Crippen molar-refractivity contribution in [3.63, 3.8) is 0 Å². The van der Waals surface area contributed by atoms with Crippen LogP contribution in [0.3, 0.4) is 0 Å². The molecule has 1 aliphatic rings. The number of aromatic nitrogens is 2. The molecule has 1 amide bonds. The van der Waals surface area contributed by atoms with Gasteiger partial charge in [-0.1, -0.05) is 0 Å². The van der Waals surface area contributed by atoms with E-state index in [2.05, 4.69) is 32.4 Å². The summed E-state index contributed by atoms with van der Waals surface area (Å²) in [6, 6.07) is 2.18. The lowest BCUT2D eigenvalue weighted by atomic mass is 10.2. The standard InChI is InChI=1S/C15H22BrN5O2/c1-9-6-10(8-20(9)14(22)23-15(2,3)4)21-13(18-5)11(7-17)12(16)19-21/h9-10,18H,6,8H2,1-5H3/t9-,10+/m1/s1. The van der Waals surface area contributed by atoms with Gasteiger partial charge >= 0.3 is 6.09 Å². The van der Waals surface area contributed by atoms with Gasteiger partial charge in [-0.15, -0.1) is 0 Å². The number of ether oxygens (including phenoxy) is 1. The van der Waals surface area contributed by atoms with Gasteiger partial charge in [-0.3, -0.25) is 0 Å². The van der Waals surface area contributed by atoms with Crippen LogP contribution in [0.5, 0.6) is 0 Å². The Balaban J connectivity index is 2.22. The van der Waals surface area contributed by atoms with Crippen molar-refractivity contribution in [1.82, 2.24) is 14.7 Å². The number of hydrogen-bond donors (Lipinski definition) is 1. The highest BCUT2D eigenvalue weighted by atomic mass is 79.9. The third-order valence-corrected chi connectivity index (χ3v) is 4.30. The molecule has 1 saturated heterocycles. The molecule has 1 fully saturated rings. The summed E-state index contributed by atoms with van der Waals surface area (Å²) in [6.45, 7) is 8.06. The maximum atomic E-state index is 12.3. The number of amides is 1. The molecule has 0 bridgehead atoms. The van der Waals surface area contributed by atoms with Gasteiger partial charge in [-0.25, -0.2) is 9.48 Å². The fourth-order valence-electron chi connectivity index (χ4n) is 2.76. The quantitative estimate of drug-likeness (QED) is 0.847. The van der Waals surface area contributed by atoms with Crippen LogP contribution in [0.15, 0.2) is 4.60 Å². The summed E-state index contributed by atoms with van der Waals surface area (Å²) in [5, 5.41) is 16.7. The first-order chi connectivity index (χ1) is 10.7. The van der Waals surface area contributed by atoms with E-state index < -0.39 is 5.60 Å². The zero-order valence-corrected chi connectivity index (χ0v) is 15.6. The highest BCUT2D eigenvalue weighted by Gasteiger charge is 2.37. The number of anilines is 1. The Morgan fingerprint density at radius 1 is 1.52 bits per heavy atom. The highest BCUT2D eigenvalue weighted by Crippen LogP contribution is 2.33. The smallest absolute Gasteiger partial charge is 0.410 e. The number of carbonyl (C=O) groups is 1. The summed E-state index contributed by atoms with van der Waals surface area (Å²) in [5.74, 6) is 0.655. The van der Waals surface area contributed by atoms with Gasteiger partial charge in [-0.05, 0) is 50.0 Å². The van der Waals surface area contributed by atoms with Crippen LogP contribution in [0.4, 0.5) is 10.6 Å². The molecule has 0 aliphatic carbocycles. The number of nitrogens with one attached hydrogen (secondary N) is 1. The van der Waals surface area contributed by atoms with E-state index in [0.717, 1.165) is 6.42 Å². The van der Waals surface area contributed by atoms with Crippen molar-refractivity contribution in [2.75, 3.05) is 18.9 Å². The predicted molar refractivity (Wildman–Crippen MR) is 90.2 cm³/mol. The third kappa shape index (κ3) is 3.61. The molecule has 2 atom stereocenters. The molecule has 8 heteroatoms. The van der Waals surface area contributed by atoms with Gasteiger partial charge in [0, 0.05) is 19.6 Å². The van der Waals surface area contributed by atoms with Crippen LogP contribution in [0, 0.1) is 11.3 Å². The molecule has 23 heavy (non-hydrogen) atoms. The summed E-state index contributed by atoms with van der Waals surface area (Å²) in [4.78, 5) is 14.0. The highest BCUT2D eigenvalue weighted by molar-refractivity contribution is 9.10. The average molecular weight is 384 g/mol. The minimum atomic E-state index is -0.520. The molecule has 2 rings (SSSR count). The fraction of sp³-hybridized carbons (Fsp3) is 0.667. The van der Waals surface area contributed by atoms with Crippen LogP contribution < -0.4 is 5.32 Å². The Hall–Kier alpha value is -1.75. The summed E-state index contributed by atoms with van der Waals surface area (Å²) >= 11 is 3.32. The Morgan fingerprint density at radius 3 is 2.70 bits per heavy atom. The number of nitrogens with zero attached hydrogens (tertiary/aromatic N) is 4. The second kappa shape index (κ2) is 6.40. The molecule has 1 aromatic heterocycles. The lowest BCUT2D eigenvalue weighted by Gasteiger charge is -2.26. The fourth-order valence-corrected chi connectivity index (χ4v) is 3.21. The van der Waals surface area contributed by atoms with Crippen LogP contribution in [-0.4, -0.2) is 46.0 Å². The van der Waals surface area contributed by atoms with Crippen LogP contribution in [-0.2, 0) is 4.74 Å². The Morgan fingerprint density at radius 2 is 2.17 bits per heavy atom. The van der Waals surface area contributed by atoms with Gasteiger partial charge in [0.1, 0.15) is 27.7 Å². The van der Waals surface area contributed by atoms with E-state index in [1.54, 1.807) is 16.6 Å². The molecule has 0 spiro atoms. The molecule has 0 aromatic carbocycles. The second-order valence-corrected chi connectivity index (χ2v) is 7.44. The molecule has 1 N–H and O–H groups in total. The molecule has 0 unspecified atom stereocenters. The van der Waals surface area contributed by atoms with E-state index in [4.69, 9.17) is 4.74 Å². The maximum absolute atomic E-state index is 12.3. The van der Waals surface area contributed by atoms with Crippen molar-refractivity contribution in [3.8, 4) is 6.07 Å². The minimum Gasteiger partial charge on any atom is -0.444 e. The van der Waals surface area contributed by atoms with Gasteiger partial charge in [0.25, 0.3) is 0 Å². The van der Waals surface area contributed by atoms with Crippen molar-refractivity contribution in [2.45, 2.75) is 51.8 Å². The molecular formula is C15H22BrN5O2. The maximum Gasteiger partial charge on any atom is 0.410 e. The summed E-state index contributed by atoms with van der Waals surface area (Å²) in [6.07, 6.45) is 0.442. The van der Waals surface area contributed by atoms with Crippen molar-refractivity contribution in [1.29, 1.82) is 5.26 Å². The van der Waals surface area contributed by atoms with Crippen molar-refractivity contribution >= 4 is 27.8 Å². The number of halogens is 1. The second-order valence-electron chi connectivity index (χ2n) is 6.69. The first kappa shape index (κ1) is 17.6. The lowest BCUT2D eigenvalue weighted by molar-refractivity contribution is 0.0234. The zero-order chi connectivity index (χ0) is 17.4. The normalized spacial score (nSPS) is 21.2. The topological polar surface area (TPSA) is 83.2 Å². The predicted octanol–water partition coefficient (Wildman–Crippen LogP) is 3.13. The van der Waals surface area contributed by atoms with Crippen LogP contribution in [0.2, 0.25) is 0 Å². The molecule has 1 aromatic rings. The van der Waals surface area contributed by atoms with Crippen LogP contribution >= 0.6 is 15.9 Å². The van der Waals surface area contributed by atoms with E-state index in [0.29, 0.717) is 22.5 Å². The number of likely N-dealkylation sites (tertiary alicyclic amines) is 1. The van der Waals surface area contributed by atoms with Gasteiger partial charge < -0.3 is 15.0 Å². The molecule has 2 heterocycles. The monoisotopic (exact) mass is 383 g/mol. The number of nitriles is 1. The first-order valence-electron chi connectivity index (χ1n) is 7.53.